The van der Waals surface area contributed by atoms with E-state index in [0.29, 0.717) is 18.6 Å². The van der Waals surface area contributed by atoms with Crippen molar-refractivity contribution < 1.29 is 14.3 Å². The average Bonchev–Trinajstić information content (AvgIpc) is 3.26. The molecular formula is C15H27NO3. The molecule has 2 atom stereocenters. The molecule has 0 saturated heterocycles. The Morgan fingerprint density at radius 2 is 2.05 bits per heavy atom. The minimum Gasteiger partial charge on any atom is -0.468 e. The van der Waals surface area contributed by atoms with E-state index in [9.17, 15) is 4.79 Å². The van der Waals surface area contributed by atoms with E-state index < -0.39 is 5.54 Å². The predicted molar refractivity (Wildman–Crippen MR) is 74.0 cm³/mol. The van der Waals surface area contributed by atoms with E-state index in [2.05, 4.69) is 19.2 Å². The smallest absolute Gasteiger partial charge is 0.328 e. The Bertz CT molecular complexity index is 313. The van der Waals surface area contributed by atoms with Gasteiger partial charge >= 0.3 is 5.97 Å². The quantitative estimate of drug-likeness (QED) is 0.652. The van der Waals surface area contributed by atoms with Crippen LogP contribution in [0.2, 0.25) is 0 Å². The summed E-state index contributed by atoms with van der Waals surface area (Å²) < 4.78 is 11.0. The molecule has 0 aromatic heterocycles. The zero-order valence-corrected chi connectivity index (χ0v) is 12.4. The van der Waals surface area contributed by atoms with Gasteiger partial charge < -0.3 is 9.47 Å². The first-order chi connectivity index (χ1) is 9.12. The van der Waals surface area contributed by atoms with Crippen molar-refractivity contribution in [1.29, 1.82) is 0 Å². The highest BCUT2D eigenvalue weighted by molar-refractivity contribution is 5.82. The summed E-state index contributed by atoms with van der Waals surface area (Å²) in [7, 11) is 1.48. The van der Waals surface area contributed by atoms with Gasteiger partial charge in [0.15, 0.2) is 0 Å². The molecule has 4 nitrogen and oxygen atoms in total. The third kappa shape index (κ3) is 3.69. The maximum atomic E-state index is 12.3. The molecule has 0 amide bonds. The van der Waals surface area contributed by atoms with Crippen LogP contribution >= 0.6 is 0 Å². The Hall–Kier alpha value is -0.610. The number of esters is 1. The highest BCUT2D eigenvalue weighted by Gasteiger charge is 2.54. The van der Waals surface area contributed by atoms with Crippen LogP contribution < -0.4 is 5.32 Å². The molecule has 19 heavy (non-hydrogen) atoms. The van der Waals surface area contributed by atoms with Crippen molar-refractivity contribution in [2.24, 2.45) is 5.92 Å². The van der Waals surface area contributed by atoms with E-state index in [1.54, 1.807) is 0 Å². The van der Waals surface area contributed by atoms with E-state index in [-0.39, 0.29) is 12.1 Å². The highest BCUT2D eigenvalue weighted by atomic mass is 16.5. The normalized spacial score (nSPS) is 23.7. The topological polar surface area (TPSA) is 47.6 Å². The third-order valence-electron chi connectivity index (χ3n) is 4.15. The lowest BCUT2D eigenvalue weighted by Crippen LogP contribution is -2.59. The summed E-state index contributed by atoms with van der Waals surface area (Å²) in [6.45, 7) is 4.67. The largest absolute Gasteiger partial charge is 0.468 e. The molecule has 2 saturated carbocycles. The summed E-state index contributed by atoms with van der Waals surface area (Å²) in [5, 5.41) is 3.52. The molecule has 2 unspecified atom stereocenters. The number of rotatable bonds is 9. The second-order valence-electron chi connectivity index (χ2n) is 6.07. The number of carbonyl (C=O) groups is 1. The molecule has 0 aliphatic heterocycles. The summed E-state index contributed by atoms with van der Waals surface area (Å²) >= 11 is 0. The van der Waals surface area contributed by atoms with E-state index in [4.69, 9.17) is 9.47 Å². The summed E-state index contributed by atoms with van der Waals surface area (Å²) in [6, 6.07) is 0.477. The Balaban J connectivity index is 2.00. The molecule has 4 heteroatoms. The zero-order chi connectivity index (χ0) is 13.9. The lowest BCUT2D eigenvalue weighted by atomic mass is 9.93. The van der Waals surface area contributed by atoms with Gasteiger partial charge in [0.2, 0.25) is 0 Å². The van der Waals surface area contributed by atoms with Gasteiger partial charge in [-0.3, -0.25) is 5.32 Å². The summed E-state index contributed by atoms with van der Waals surface area (Å²) in [6.07, 6.45) is 6.86. The summed E-state index contributed by atoms with van der Waals surface area (Å²) in [5.74, 6) is 0.236. The van der Waals surface area contributed by atoms with Gasteiger partial charge in [0, 0.05) is 6.04 Å². The van der Waals surface area contributed by atoms with Crippen molar-refractivity contribution in [3.63, 3.8) is 0 Å². The Labute approximate surface area is 116 Å². The zero-order valence-electron chi connectivity index (χ0n) is 12.4. The van der Waals surface area contributed by atoms with Gasteiger partial charge in [0.1, 0.15) is 5.54 Å². The van der Waals surface area contributed by atoms with E-state index in [1.165, 1.54) is 7.11 Å². The Morgan fingerprint density at radius 3 is 2.53 bits per heavy atom. The van der Waals surface area contributed by atoms with Gasteiger partial charge in [-0.15, -0.1) is 0 Å². The van der Waals surface area contributed by atoms with E-state index in [0.717, 1.165) is 38.5 Å². The van der Waals surface area contributed by atoms with Crippen molar-refractivity contribution in [2.75, 3.05) is 13.7 Å². The highest BCUT2D eigenvalue weighted by Crippen LogP contribution is 2.42. The van der Waals surface area contributed by atoms with Crippen LogP contribution in [0, 0.1) is 5.92 Å². The van der Waals surface area contributed by atoms with Gasteiger partial charge in [0.25, 0.3) is 0 Å². The second-order valence-corrected chi connectivity index (χ2v) is 6.07. The van der Waals surface area contributed by atoms with Crippen molar-refractivity contribution in [1.82, 2.24) is 5.32 Å². The molecule has 2 rings (SSSR count). The maximum absolute atomic E-state index is 12.3. The molecular weight excluding hydrogens is 242 g/mol. The van der Waals surface area contributed by atoms with Crippen LogP contribution in [0.5, 0.6) is 0 Å². The van der Waals surface area contributed by atoms with Gasteiger partial charge in [0.05, 0.1) is 19.8 Å². The first-order valence-corrected chi connectivity index (χ1v) is 7.60. The molecule has 0 radical (unpaired) electrons. The third-order valence-corrected chi connectivity index (χ3v) is 4.15. The fourth-order valence-corrected chi connectivity index (χ4v) is 2.68. The summed E-state index contributed by atoms with van der Waals surface area (Å²) in [4.78, 5) is 12.3. The van der Waals surface area contributed by atoms with Crippen LogP contribution in [0.4, 0.5) is 0 Å². The molecule has 1 N–H and O–H groups in total. The van der Waals surface area contributed by atoms with Gasteiger partial charge in [-0.2, -0.15) is 0 Å². The maximum Gasteiger partial charge on any atom is 0.328 e. The molecule has 0 aromatic carbocycles. The number of nitrogens with one attached hydrogen (secondary N) is 1. The van der Waals surface area contributed by atoms with Crippen molar-refractivity contribution in [2.45, 2.75) is 70.1 Å². The van der Waals surface area contributed by atoms with Crippen LogP contribution in [0.25, 0.3) is 0 Å². The molecule has 2 fully saturated rings. The minimum atomic E-state index is -0.599. The molecule has 2 aliphatic rings. The summed E-state index contributed by atoms with van der Waals surface area (Å²) in [5.41, 5.74) is -0.599. The van der Waals surface area contributed by atoms with Gasteiger partial charge in [-0.25, -0.2) is 4.79 Å². The van der Waals surface area contributed by atoms with Gasteiger partial charge in [-0.1, -0.05) is 13.3 Å². The number of methoxy groups -OCH3 is 1. The lowest BCUT2D eigenvalue weighted by Gasteiger charge is -2.33. The van der Waals surface area contributed by atoms with Crippen LogP contribution in [0.1, 0.15) is 52.4 Å². The minimum absolute atomic E-state index is 0.148. The molecule has 0 aromatic rings. The standard InChI is InChI=1S/C15H27NO3/c1-4-5-11(2)19-10-15(12-6-7-12,14(17)18-3)16-13-8-9-13/h11-13,16H,4-10H2,1-3H3. The fourth-order valence-electron chi connectivity index (χ4n) is 2.68. The lowest BCUT2D eigenvalue weighted by molar-refractivity contribution is -0.154. The average molecular weight is 269 g/mol. The second kappa shape index (κ2) is 6.23. The van der Waals surface area contributed by atoms with Crippen molar-refractivity contribution >= 4 is 5.97 Å². The SMILES string of the molecule is CCCC(C)OCC(NC1CC1)(C(=O)OC)C1CC1. The van der Waals surface area contributed by atoms with Crippen molar-refractivity contribution in [3.8, 4) is 0 Å². The Morgan fingerprint density at radius 1 is 1.37 bits per heavy atom. The van der Waals surface area contributed by atoms with Gasteiger partial charge in [-0.05, 0) is 44.9 Å². The van der Waals surface area contributed by atoms with E-state index >= 15 is 0 Å². The number of ether oxygens (including phenoxy) is 2. The van der Waals surface area contributed by atoms with Crippen LogP contribution in [0.3, 0.4) is 0 Å². The molecule has 2 aliphatic carbocycles. The monoisotopic (exact) mass is 269 g/mol. The number of hydrogen-bond acceptors (Lipinski definition) is 4. The predicted octanol–water partition coefficient (Wildman–Crippen LogP) is 2.27. The number of carbonyl (C=O) groups excluding carboxylic acids is 1. The number of hydrogen-bond donors (Lipinski definition) is 1. The van der Waals surface area contributed by atoms with Crippen molar-refractivity contribution in [3.05, 3.63) is 0 Å². The molecule has 0 spiro atoms. The molecule has 0 bridgehead atoms. The van der Waals surface area contributed by atoms with E-state index in [1.807, 2.05) is 0 Å². The Kier molecular flexibility index (Phi) is 4.85. The fraction of sp³-hybridized carbons (Fsp3) is 0.933. The van der Waals surface area contributed by atoms with Crippen LogP contribution in [-0.4, -0.2) is 37.4 Å². The molecule has 0 heterocycles. The van der Waals surface area contributed by atoms with Crippen LogP contribution in [0.15, 0.2) is 0 Å². The first-order valence-electron chi connectivity index (χ1n) is 7.60. The first kappa shape index (κ1) is 14.8. The molecule has 110 valence electrons. The van der Waals surface area contributed by atoms with Crippen LogP contribution in [-0.2, 0) is 14.3 Å².